The maximum atomic E-state index is 11.2. The summed E-state index contributed by atoms with van der Waals surface area (Å²) in [7, 11) is 0. The Morgan fingerprint density at radius 3 is 2.47 bits per heavy atom. The lowest BCUT2D eigenvalue weighted by Gasteiger charge is -2.12. The molecular weight excluding hydrogens is 240 g/mol. The Kier molecular flexibility index (Phi) is 4.97. The summed E-state index contributed by atoms with van der Waals surface area (Å²) in [4.78, 5) is 21.7. The quantitative estimate of drug-likeness (QED) is 0.781. The largest absolute Gasteiger partial charge is 0.369 e. The number of amides is 2. The van der Waals surface area contributed by atoms with E-state index in [1.165, 1.54) is 0 Å². The molecule has 1 aromatic carbocycles. The van der Waals surface area contributed by atoms with Crippen molar-refractivity contribution in [2.75, 3.05) is 6.54 Å². The summed E-state index contributed by atoms with van der Waals surface area (Å²) < 4.78 is 0. The summed E-state index contributed by atoms with van der Waals surface area (Å²) in [5.74, 6) is -0.816. The lowest BCUT2D eigenvalue weighted by Crippen LogP contribution is -2.31. The first-order chi connectivity index (χ1) is 7.99. The van der Waals surface area contributed by atoms with E-state index in [0.717, 1.165) is 5.56 Å². The molecule has 0 aliphatic carbocycles. The molecule has 0 aromatic heterocycles. The topological polar surface area (TPSA) is 72.2 Å². The number of rotatable bonds is 5. The van der Waals surface area contributed by atoms with Crippen LogP contribution in [-0.4, -0.2) is 18.4 Å². The molecule has 1 atom stereocenters. The molecule has 3 N–H and O–H groups in total. The smallest absolute Gasteiger partial charge is 0.229 e. The Balaban J connectivity index is 2.44. The fraction of sp³-hybridized carbons (Fsp3) is 0.333. The van der Waals surface area contributed by atoms with Gasteiger partial charge in [0.25, 0.3) is 0 Å². The number of halogens is 1. The van der Waals surface area contributed by atoms with Gasteiger partial charge in [-0.2, -0.15) is 0 Å². The average Bonchev–Trinajstić information content (AvgIpc) is 2.26. The van der Waals surface area contributed by atoms with Crippen molar-refractivity contribution in [1.29, 1.82) is 0 Å². The maximum Gasteiger partial charge on any atom is 0.229 e. The van der Waals surface area contributed by atoms with E-state index >= 15 is 0 Å². The Morgan fingerprint density at radius 1 is 1.35 bits per heavy atom. The first kappa shape index (κ1) is 13.5. The fourth-order valence-electron chi connectivity index (χ4n) is 1.40. The summed E-state index contributed by atoms with van der Waals surface area (Å²) >= 11 is 5.78. The standard InChI is InChI=1S/C12H15ClN2O2/c1-8(7-15-12(17)6-11(14)16)9-2-4-10(13)5-3-9/h2-5,8H,6-7H2,1H3,(H2,14,16)(H,15,17). The van der Waals surface area contributed by atoms with Crippen LogP contribution in [0.25, 0.3) is 0 Å². The molecule has 0 bridgehead atoms. The molecule has 0 radical (unpaired) electrons. The summed E-state index contributed by atoms with van der Waals surface area (Å²) in [6.07, 6.45) is -0.270. The number of carbonyl (C=O) groups excluding carboxylic acids is 2. The van der Waals surface area contributed by atoms with Gasteiger partial charge in [-0.05, 0) is 23.6 Å². The number of nitrogens with two attached hydrogens (primary N) is 1. The average molecular weight is 255 g/mol. The van der Waals surface area contributed by atoms with Crippen molar-refractivity contribution in [3.63, 3.8) is 0 Å². The second-order valence-electron chi connectivity index (χ2n) is 3.90. The third-order valence-corrected chi connectivity index (χ3v) is 2.63. The zero-order valence-electron chi connectivity index (χ0n) is 9.57. The van der Waals surface area contributed by atoms with Gasteiger partial charge in [0.15, 0.2) is 0 Å². The van der Waals surface area contributed by atoms with E-state index in [9.17, 15) is 9.59 Å². The summed E-state index contributed by atoms with van der Waals surface area (Å²) in [5, 5.41) is 3.33. The molecule has 2 amide bonds. The number of hydrogen-bond acceptors (Lipinski definition) is 2. The minimum Gasteiger partial charge on any atom is -0.369 e. The highest BCUT2D eigenvalue weighted by molar-refractivity contribution is 6.30. The van der Waals surface area contributed by atoms with Crippen LogP contribution in [0.2, 0.25) is 5.02 Å². The lowest BCUT2D eigenvalue weighted by molar-refractivity contribution is -0.127. The van der Waals surface area contributed by atoms with Crippen LogP contribution in [0.1, 0.15) is 24.8 Å². The van der Waals surface area contributed by atoms with Crippen molar-refractivity contribution in [3.8, 4) is 0 Å². The van der Waals surface area contributed by atoms with E-state index in [-0.39, 0.29) is 18.2 Å². The molecule has 0 fully saturated rings. The van der Waals surface area contributed by atoms with E-state index < -0.39 is 5.91 Å². The van der Waals surface area contributed by atoms with Gasteiger partial charge >= 0.3 is 0 Å². The minimum absolute atomic E-state index is 0.157. The zero-order chi connectivity index (χ0) is 12.8. The first-order valence-electron chi connectivity index (χ1n) is 5.29. The number of carbonyl (C=O) groups is 2. The van der Waals surface area contributed by atoms with Crippen LogP contribution in [-0.2, 0) is 9.59 Å². The minimum atomic E-state index is -0.623. The Morgan fingerprint density at radius 2 is 1.94 bits per heavy atom. The SMILES string of the molecule is CC(CNC(=O)CC(N)=O)c1ccc(Cl)cc1. The Labute approximate surface area is 105 Å². The highest BCUT2D eigenvalue weighted by Gasteiger charge is 2.09. The van der Waals surface area contributed by atoms with Crippen LogP contribution in [0.5, 0.6) is 0 Å². The van der Waals surface area contributed by atoms with Gasteiger partial charge in [0.1, 0.15) is 6.42 Å². The van der Waals surface area contributed by atoms with Gasteiger partial charge in [0.2, 0.25) is 11.8 Å². The van der Waals surface area contributed by atoms with Gasteiger partial charge in [0, 0.05) is 11.6 Å². The molecule has 1 rings (SSSR count). The molecule has 0 saturated heterocycles. The summed E-state index contributed by atoms with van der Waals surface area (Å²) in [6.45, 7) is 2.45. The van der Waals surface area contributed by atoms with Gasteiger partial charge in [-0.3, -0.25) is 9.59 Å². The predicted molar refractivity (Wildman–Crippen MR) is 66.7 cm³/mol. The molecule has 1 aromatic rings. The van der Waals surface area contributed by atoms with Gasteiger partial charge in [-0.1, -0.05) is 30.7 Å². The molecule has 0 aliphatic rings. The highest BCUT2D eigenvalue weighted by Crippen LogP contribution is 2.17. The fourth-order valence-corrected chi connectivity index (χ4v) is 1.52. The molecule has 17 heavy (non-hydrogen) atoms. The van der Waals surface area contributed by atoms with E-state index in [1.54, 1.807) is 12.1 Å². The van der Waals surface area contributed by atoms with Crippen LogP contribution < -0.4 is 11.1 Å². The van der Waals surface area contributed by atoms with E-state index in [4.69, 9.17) is 17.3 Å². The van der Waals surface area contributed by atoms with Gasteiger partial charge in [-0.25, -0.2) is 0 Å². The van der Waals surface area contributed by atoms with E-state index in [0.29, 0.717) is 11.6 Å². The van der Waals surface area contributed by atoms with Gasteiger partial charge in [-0.15, -0.1) is 0 Å². The van der Waals surface area contributed by atoms with Crippen molar-refractivity contribution in [2.45, 2.75) is 19.3 Å². The molecule has 0 aliphatic heterocycles. The van der Waals surface area contributed by atoms with Crippen molar-refractivity contribution in [2.24, 2.45) is 5.73 Å². The van der Waals surface area contributed by atoms with Crippen molar-refractivity contribution < 1.29 is 9.59 Å². The highest BCUT2D eigenvalue weighted by atomic mass is 35.5. The normalized spacial score (nSPS) is 11.9. The van der Waals surface area contributed by atoms with E-state index in [1.807, 2.05) is 19.1 Å². The molecule has 4 nitrogen and oxygen atoms in total. The molecule has 0 heterocycles. The number of hydrogen-bond donors (Lipinski definition) is 2. The summed E-state index contributed by atoms with van der Waals surface area (Å²) in [5.41, 5.74) is 5.99. The third-order valence-electron chi connectivity index (χ3n) is 2.38. The molecule has 5 heteroatoms. The Bertz CT molecular complexity index is 403. The van der Waals surface area contributed by atoms with Crippen LogP contribution in [0.4, 0.5) is 0 Å². The third kappa shape index (κ3) is 4.87. The number of primary amides is 1. The molecule has 0 saturated carbocycles. The van der Waals surface area contributed by atoms with Crippen LogP contribution >= 0.6 is 11.6 Å². The summed E-state index contributed by atoms with van der Waals surface area (Å²) in [6, 6.07) is 7.43. The van der Waals surface area contributed by atoms with Crippen LogP contribution in [0.3, 0.4) is 0 Å². The van der Waals surface area contributed by atoms with Crippen LogP contribution in [0.15, 0.2) is 24.3 Å². The lowest BCUT2D eigenvalue weighted by atomic mass is 10.0. The van der Waals surface area contributed by atoms with Crippen LogP contribution in [0, 0.1) is 0 Å². The molecule has 1 unspecified atom stereocenters. The van der Waals surface area contributed by atoms with Crippen molar-refractivity contribution >= 4 is 23.4 Å². The van der Waals surface area contributed by atoms with Crippen molar-refractivity contribution in [1.82, 2.24) is 5.32 Å². The Hall–Kier alpha value is -1.55. The number of nitrogens with one attached hydrogen (secondary N) is 1. The second-order valence-corrected chi connectivity index (χ2v) is 4.34. The zero-order valence-corrected chi connectivity index (χ0v) is 10.3. The monoisotopic (exact) mass is 254 g/mol. The maximum absolute atomic E-state index is 11.2. The molecular formula is C12H15ClN2O2. The van der Waals surface area contributed by atoms with Crippen molar-refractivity contribution in [3.05, 3.63) is 34.9 Å². The number of benzene rings is 1. The first-order valence-corrected chi connectivity index (χ1v) is 5.67. The van der Waals surface area contributed by atoms with E-state index in [2.05, 4.69) is 5.32 Å². The second kappa shape index (κ2) is 6.25. The van der Waals surface area contributed by atoms with Gasteiger partial charge < -0.3 is 11.1 Å². The molecule has 0 spiro atoms. The van der Waals surface area contributed by atoms with Gasteiger partial charge in [0.05, 0.1) is 0 Å². The molecule has 92 valence electrons. The predicted octanol–water partition coefficient (Wildman–Crippen LogP) is 1.44.